The van der Waals surface area contributed by atoms with E-state index in [9.17, 15) is 0 Å². The second-order valence-electron chi connectivity index (χ2n) is 27.1. The smallest absolute Gasteiger partial charge is 0.243 e. The van der Waals surface area contributed by atoms with Crippen molar-refractivity contribution in [2.24, 2.45) is 0 Å². The van der Waals surface area contributed by atoms with E-state index in [1.807, 2.05) is 0 Å². The van der Waals surface area contributed by atoms with Crippen LogP contribution in [0.5, 0.6) is 0 Å². The number of fused-ring (bicyclic) bond motifs is 15. The molecular weight excluding hydrogens is 1040 g/mol. The Bertz CT molecular complexity index is 4860. The first-order valence-electron chi connectivity index (χ1n) is 32.8. The van der Waals surface area contributed by atoms with Crippen LogP contribution in [-0.4, -0.2) is 20.4 Å². The lowest BCUT2D eigenvalue weighted by atomic mass is 9.26. The fourth-order valence-corrected chi connectivity index (χ4v) is 19.4. The van der Waals surface area contributed by atoms with E-state index in [0.717, 1.165) is 51.4 Å². The fourth-order valence-electron chi connectivity index (χ4n) is 19.4. The topological polar surface area (TPSA) is 14.8 Å². The van der Waals surface area contributed by atoms with Gasteiger partial charge in [-0.25, -0.2) is 0 Å². The Hall–Kier alpha value is -8.60. The maximum Gasteiger partial charge on any atom is 0.243 e. The third-order valence-corrected chi connectivity index (χ3v) is 22.6. The van der Waals surface area contributed by atoms with Gasteiger partial charge in [0.05, 0.1) is 27.7 Å². The van der Waals surface area contributed by atoms with E-state index < -0.39 is 10.8 Å². The number of allylic oxidation sites excluding steroid dienone is 2. The summed E-state index contributed by atoms with van der Waals surface area (Å²) in [5.74, 6) is 0.175. The first kappa shape index (κ1) is 49.6. The third-order valence-electron chi connectivity index (χ3n) is 22.6. The van der Waals surface area contributed by atoms with Crippen LogP contribution in [0.2, 0.25) is 0 Å². The maximum absolute atomic E-state index is 2.81. The molecule has 9 aromatic carbocycles. The van der Waals surface area contributed by atoms with E-state index in [1.165, 1.54) is 178 Å². The monoisotopic (exact) mass is 1110 g/mol. The molecule has 5 aliphatic carbocycles. The van der Waals surface area contributed by atoms with Gasteiger partial charge in [0.2, 0.25) is 6.71 Å². The standard InChI is InChI=1S/C82H70BN3/c1-81(2)67-46-51(78-64-34-11-5-10-28-56(64)57-29-12-13-35-65(57)78)47-68-80(67)83(70-49-55(85-73-40-20-16-32-60(73)62-36-22-42-74(62)85)50-77(79(70)81)86-75-41-21-17-33-61(75)63-37-23-43-76(63)86)69-45-44-54(84-71-38-18-14-30-58(71)59-31-15-19-39-72(59)84)48-66(69)82(68,52-24-6-3-7-25-52)53-26-8-4-9-27-53/h3-4,6-9,12-14,16-18,20-21,24-27,29-30,32-33,35,38,40-41,44-50,78H,5,10-11,15,19,22-23,28,31,34,36-37,39,42-43H2,1-2H3. The van der Waals surface area contributed by atoms with Crippen molar-refractivity contribution in [1.82, 2.24) is 13.7 Å². The zero-order chi connectivity index (χ0) is 56.6. The van der Waals surface area contributed by atoms with Crippen molar-refractivity contribution in [3.05, 3.63) is 290 Å². The summed E-state index contributed by atoms with van der Waals surface area (Å²) in [6.45, 7) is 5.19. The number of benzene rings is 9. The lowest BCUT2D eigenvalue weighted by Crippen LogP contribution is -2.67. The van der Waals surface area contributed by atoms with Gasteiger partial charge in [0, 0.05) is 55.9 Å². The summed E-state index contributed by atoms with van der Waals surface area (Å²) in [4.78, 5) is 0. The molecule has 7 aliphatic rings. The van der Waals surface area contributed by atoms with E-state index in [2.05, 4.69) is 228 Å². The highest BCUT2D eigenvalue weighted by atomic mass is 15.0. The van der Waals surface area contributed by atoms with Crippen LogP contribution >= 0.6 is 0 Å². The predicted molar refractivity (Wildman–Crippen MR) is 357 cm³/mol. The van der Waals surface area contributed by atoms with Gasteiger partial charge in [-0.2, -0.15) is 0 Å². The van der Waals surface area contributed by atoms with Crippen molar-refractivity contribution in [3.8, 4) is 17.1 Å². The minimum atomic E-state index is -0.685. The Labute approximate surface area is 505 Å². The van der Waals surface area contributed by atoms with Gasteiger partial charge in [-0.15, -0.1) is 0 Å². The van der Waals surface area contributed by atoms with Gasteiger partial charge in [-0.3, -0.25) is 0 Å². The van der Waals surface area contributed by atoms with Crippen molar-refractivity contribution in [1.29, 1.82) is 0 Å². The minimum absolute atomic E-state index is 0.0658. The Morgan fingerprint density at radius 3 is 1.63 bits per heavy atom. The molecule has 2 aliphatic heterocycles. The predicted octanol–water partition coefficient (Wildman–Crippen LogP) is 17.1. The molecule has 0 bridgehead atoms. The van der Waals surface area contributed by atoms with E-state index in [-0.39, 0.29) is 12.6 Å². The second-order valence-corrected chi connectivity index (χ2v) is 27.1. The van der Waals surface area contributed by atoms with Crippen LogP contribution in [0, 0.1) is 0 Å². The Morgan fingerprint density at radius 1 is 0.407 bits per heavy atom. The molecule has 86 heavy (non-hydrogen) atoms. The highest BCUT2D eigenvalue weighted by molar-refractivity contribution is 6.97. The Kier molecular flexibility index (Phi) is 10.7. The molecule has 1 unspecified atom stereocenters. The molecular formula is C82H70BN3. The zero-order valence-corrected chi connectivity index (χ0v) is 49.7. The molecule has 0 fully saturated rings. The number of hydrogen-bond acceptors (Lipinski definition) is 0. The molecule has 4 heteroatoms. The summed E-state index contributed by atoms with van der Waals surface area (Å²) >= 11 is 0. The molecule has 0 spiro atoms. The van der Waals surface area contributed by atoms with E-state index >= 15 is 0 Å². The number of rotatable bonds is 6. The number of para-hydroxylation sites is 3. The zero-order valence-electron chi connectivity index (χ0n) is 49.7. The first-order chi connectivity index (χ1) is 42.5. The molecule has 3 aromatic heterocycles. The van der Waals surface area contributed by atoms with Crippen molar-refractivity contribution in [2.45, 2.75) is 127 Å². The van der Waals surface area contributed by atoms with E-state index in [4.69, 9.17) is 0 Å². The van der Waals surface area contributed by atoms with Crippen LogP contribution in [0.15, 0.2) is 206 Å². The van der Waals surface area contributed by atoms with Gasteiger partial charge in [0.25, 0.3) is 0 Å². The highest BCUT2D eigenvalue weighted by Crippen LogP contribution is 2.56. The number of hydrogen-bond donors (Lipinski definition) is 0. The number of nitrogens with zero attached hydrogens (tertiary/aromatic N) is 3. The molecule has 0 amide bonds. The summed E-state index contributed by atoms with van der Waals surface area (Å²) in [6, 6.07) is 80.1. The second kappa shape index (κ2) is 18.5. The van der Waals surface area contributed by atoms with Crippen LogP contribution in [0.4, 0.5) is 0 Å². The normalized spacial score (nSPS) is 18.3. The van der Waals surface area contributed by atoms with Crippen LogP contribution in [0.25, 0.3) is 55.3 Å². The average Bonchev–Trinajstić information content (AvgIpc) is 0.837. The lowest BCUT2D eigenvalue weighted by molar-refractivity contribution is 0.632. The Balaban J connectivity index is 0.998. The largest absolute Gasteiger partial charge is 0.313 e. The van der Waals surface area contributed by atoms with E-state index in [0.29, 0.717) is 0 Å². The van der Waals surface area contributed by atoms with Gasteiger partial charge >= 0.3 is 0 Å². The molecule has 5 heterocycles. The molecule has 416 valence electrons. The van der Waals surface area contributed by atoms with Gasteiger partial charge in [0.15, 0.2) is 0 Å². The first-order valence-corrected chi connectivity index (χ1v) is 32.8. The summed E-state index contributed by atoms with van der Waals surface area (Å²) in [5.41, 5.74) is 36.5. The van der Waals surface area contributed by atoms with Gasteiger partial charge in [-0.1, -0.05) is 200 Å². The molecule has 19 rings (SSSR count). The SMILES string of the molecule is CC1(C)c2cc(C3C4=C(CCCCC4)c4ccccc43)cc3c2B(c2ccc(-n4c5c(c6ccccc64)CCCC5)cc2C3(c2ccccc2)c2ccccc2)c2cc(-n3c4c(c5ccccc53)CCC4)cc(-n3c4c(c5ccccc53)CCC4)c21. The average molecular weight is 1110 g/mol. The van der Waals surface area contributed by atoms with Crippen LogP contribution in [0.3, 0.4) is 0 Å². The van der Waals surface area contributed by atoms with Crippen molar-refractivity contribution < 1.29 is 0 Å². The number of aryl methyl sites for hydroxylation is 3. The summed E-state index contributed by atoms with van der Waals surface area (Å²) in [6.07, 6.45) is 17.6. The summed E-state index contributed by atoms with van der Waals surface area (Å²) in [5, 5.41) is 4.25. The van der Waals surface area contributed by atoms with Gasteiger partial charge in [-0.05, 0) is 205 Å². The van der Waals surface area contributed by atoms with Gasteiger partial charge in [0.1, 0.15) is 0 Å². The van der Waals surface area contributed by atoms with Crippen molar-refractivity contribution in [2.75, 3.05) is 0 Å². The molecule has 12 aromatic rings. The molecule has 3 nitrogen and oxygen atoms in total. The quantitative estimate of drug-likeness (QED) is 0.147. The summed E-state index contributed by atoms with van der Waals surface area (Å²) < 4.78 is 8.22. The fraction of sp³-hybridized carbons (Fsp3) is 0.244. The minimum Gasteiger partial charge on any atom is -0.313 e. The lowest BCUT2D eigenvalue weighted by Gasteiger charge is -2.50. The van der Waals surface area contributed by atoms with Crippen LogP contribution in [0.1, 0.15) is 161 Å². The van der Waals surface area contributed by atoms with Crippen molar-refractivity contribution in [3.63, 3.8) is 0 Å². The molecule has 1 atom stereocenters. The van der Waals surface area contributed by atoms with Crippen molar-refractivity contribution >= 4 is 61.4 Å². The van der Waals surface area contributed by atoms with E-state index in [1.54, 1.807) is 27.8 Å². The Morgan fingerprint density at radius 2 is 0.942 bits per heavy atom. The molecule has 0 saturated carbocycles. The molecule has 0 saturated heterocycles. The maximum atomic E-state index is 2.81. The number of aromatic nitrogens is 3. The summed E-state index contributed by atoms with van der Waals surface area (Å²) in [7, 11) is 0. The van der Waals surface area contributed by atoms with Crippen LogP contribution < -0.4 is 16.4 Å². The van der Waals surface area contributed by atoms with Crippen LogP contribution in [-0.2, 0) is 49.4 Å². The third kappa shape index (κ3) is 6.60. The van der Waals surface area contributed by atoms with Gasteiger partial charge < -0.3 is 13.7 Å². The molecule has 0 N–H and O–H groups in total. The molecule has 0 radical (unpaired) electrons. The highest BCUT2D eigenvalue weighted by Gasteiger charge is 2.55.